The molecule has 0 unspecified atom stereocenters. The Hall–Kier alpha value is -3.77. The molecule has 0 aliphatic heterocycles. The number of rotatable bonds is 9. The second-order valence-corrected chi connectivity index (χ2v) is 7.30. The zero-order chi connectivity index (χ0) is 22.9. The Morgan fingerprint density at radius 1 is 1.12 bits per heavy atom. The van der Waals surface area contributed by atoms with Gasteiger partial charge in [0.05, 0.1) is 31.6 Å². The Bertz CT molecular complexity index is 1190. The molecular formula is C23H21N3O5S. The maximum Gasteiger partial charge on any atom is 0.337 e. The first-order valence-corrected chi connectivity index (χ1v) is 10.9. The van der Waals surface area contributed by atoms with E-state index < -0.39 is 11.5 Å². The van der Waals surface area contributed by atoms with Crippen LogP contribution in [-0.2, 0) is 4.74 Å². The molecule has 0 bridgehead atoms. The number of methoxy groups -OCH3 is 1. The lowest BCUT2D eigenvalue weighted by molar-refractivity contribution is 0.0600. The molecule has 0 amide bonds. The topological polar surface area (TPSA) is 114 Å². The Morgan fingerprint density at radius 2 is 1.84 bits per heavy atom. The molecule has 0 radical (unpaired) electrons. The molecule has 9 heteroatoms. The summed E-state index contributed by atoms with van der Waals surface area (Å²) in [4.78, 5) is 30.5. The molecule has 0 spiro atoms. The molecule has 0 aliphatic carbocycles. The number of thioether (sulfide) groups is 1. The molecule has 8 nitrogen and oxygen atoms in total. The van der Waals surface area contributed by atoms with Crippen LogP contribution in [0.2, 0.25) is 0 Å². The number of nitrogens with one attached hydrogen (secondary N) is 1. The maximum absolute atomic E-state index is 12.1. The molecule has 1 heterocycles. The number of H-pyrrole nitrogens is 1. The minimum atomic E-state index is -0.468. The third kappa shape index (κ3) is 5.68. The largest absolute Gasteiger partial charge is 0.493 e. The van der Waals surface area contributed by atoms with Gasteiger partial charge in [-0.05, 0) is 42.7 Å². The van der Waals surface area contributed by atoms with Gasteiger partial charge in [0, 0.05) is 12.0 Å². The highest BCUT2D eigenvalue weighted by Crippen LogP contribution is 2.25. The van der Waals surface area contributed by atoms with E-state index in [0.717, 1.165) is 0 Å². The van der Waals surface area contributed by atoms with E-state index in [2.05, 4.69) is 14.7 Å². The molecule has 0 saturated heterocycles. The van der Waals surface area contributed by atoms with Gasteiger partial charge in [0.15, 0.2) is 5.16 Å². The lowest BCUT2D eigenvalue weighted by atomic mass is 10.1. The van der Waals surface area contributed by atoms with Gasteiger partial charge in [-0.25, -0.2) is 9.78 Å². The van der Waals surface area contributed by atoms with Crippen LogP contribution in [0.3, 0.4) is 0 Å². The number of hydrogen-bond donors (Lipinski definition) is 1. The van der Waals surface area contributed by atoms with Gasteiger partial charge in [-0.2, -0.15) is 5.26 Å². The Labute approximate surface area is 189 Å². The number of ether oxygens (including phenoxy) is 3. The first-order valence-electron chi connectivity index (χ1n) is 9.68. The molecule has 0 saturated carbocycles. The van der Waals surface area contributed by atoms with Crippen molar-refractivity contribution >= 4 is 17.7 Å². The zero-order valence-corrected chi connectivity index (χ0v) is 18.4. The molecule has 3 rings (SSSR count). The van der Waals surface area contributed by atoms with Crippen molar-refractivity contribution in [3.05, 3.63) is 70.0 Å². The van der Waals surface area contributed by atoms with Crippen LogP contribution in [0.4, 0.5) is 0 Å². The molecule has 32 heavy (non-hydrogen) atoms. The van der Waals surface area contributed by atoms with Crippen LogP contribution < -0.4 is 15.0 Å². The van der Waals surface area contributed by atoms with Crippen LogP contribution in [0, 0.1) is 11.3 Å². The summed E-state index contributed by atoms with van der Waals surface area (Å²) in [6, 6.07) is 15.7. The van der Waals surface area contributed by atoms with Crippen LogP contribution in [0.1, 0.15) is 22.3 Å². The van der Waals surface area contributed by atoms with Crippen molar-refractivity contribution in [2.45, 2.75) is 11.6 Å². The highest BCUT2D eigenvalue weighted by atomic mass is 32.2. The lowest BCUT2D eigenvalue weighted by Gasteiger charge is -2.10. The van der Waals surface area contributed by atoms with E-state index in [1.165, 1.54) is 18.9 Å². The van der Waals surface area contributed by atoms with E-state index in [9.17, 15) is 14.9 Å². The average Bonchev–Trinajstić information content (AvgIpc) is 2.83. The van der Waals surface area contributed by atoms with Crippen LogP contribution in [0.5, 0.6) is 11.5 Å². The normalized spacial score (nSPS) is 10.3. The average molecular weight is 452 g/mol. The predicted molar refractivity (Wildman–Crippen MR) is 120 cm³/mol. The number of hydrogen-bond acceptors (Lipinski definition) is 8. The number of aromatic nitrogens is 2. The second kappa shape index (κ2) is 11.0. The first kappa shape index (κ1) is 22.9. The minimum Gasteiger partial charge on any atom is -0.493 e. The van der Waals surface area contributed by atoms with Crippen molar-refractivity contribution in [1.29, 1.82) is 5.26 Å². The van der Waals surface area contributed by atoms with Gasteiger partial charge < -0.3 is 19.2 Å². The van der Waals surface area contributed by atoms with Crippen LogP contribution in [0.15, 0.2) is 58.5 Å². The molecule has 0 fully saturated rings. The number of nitrogens with zero attached hydrogens (tertiary/aromatic N) is 2. The van der Waals surface area contributed by atoms with Crippen LogP contribution in [-0.4, -0.2) is 42.5 Å². The number of benzene rings is 2. The fourth-order valence-electron chi connectivity index (χ4n) is 2.84. The van der Waals surface area contributed by atoms with Gasteiger partial charge in [0.1, 0.15) is 23.1 Å². The quantitative estimate of drug-likeness (QED) is 0.227. The zero-order valence-electron chi connectivity index (χ0n) is 17.6. The monoisotopic (exact) mass is 451 g/mol. The summed E-state index contributed by atoms with van der Waals surface area (Å²) in [5.41, 5.74) is 0.908. The van der Waals surface area contributed by atoms with Gasteiger partial charge in [-0.3, -0.25) is 4.79 Å². The molecule has 1 N–H and O–H groups in total. The maximum atomic E-state index is 12.1. The minimum absolute atomic E-state index is 0.0356. The summed E-state index contributed by atoms with van der Waals surface area (Å²) in [5, 5.41) is 9.80. The van der Waals surface area contributed by atoms with E-state index in [4.69, 9.17) is 9.47 Å². The molecule has 1 aromatic heterocycles. The van der Waals surface area contributed by atoms with E-state index in [1.807, 2.05) is 6.07 Å². The van der Waals surface area contributed by atoms with Gasteiger partial charge in [0.2, 0.25) is 0 Å². The summed E-state index contributed by atoms with van der Waals surface area (Å²) in [6.07, 6.45) is 2.43. The van der Waals surface area contributed by atoms with E-state index in [1.54, 1.807) is 54.8 Å². The Balaban J connectivity index is 1.57. The highest BCUT2D eigenvalue weighted by Gasteiger charge is 2.13. The van der Waals surface area contributed by atoms with Crippen LogP contribution >= 0.6 is 11.8 Å². The highest BCUT2D eigenvalue weighted by molar-refractivity contribution is 7.98. The molecule has 0 atom stereocenters. The van der Waals surface area contributed by atoms with Crippen molar-refractivity contribution < 1.29 is 19.0 Å². The summed E-state index contributed by atoms with van der Waals surface area (Å²) in [7, 11) is 1.34. The van der Waals surface area contributed by atoms with Gasteiger partial charge in [-0.1, -0.05) is 23.9 Å². The molecule has 164 valence electrons. The third-order valence-corrected chi connectivity index (χ3v) is 4.99. The number of carbonyl (C=O) groups is 1. The number of nitriles is 1. The van der Waals surface area contributed by atoms with E-state index in [-0.39, 0.29) is 5.56 Å². The van der Waals surface area contributed by atoms with Crippen molar-refractivity contribution in [2.24, 2.45) is 0 Å². The summed E-state index contributed by atoms with van der Waals surface area (Å²) < 4.78 is 16.1. The second-order valence-electron chi connectivity index (χ2n) is 6.50. The number of aromatic amines is 1. The smallest absolute Gasteiger partial charge is 0.337 e. The van der Waals surface area contributed by atoms with Crippen LogP contribution in [0.25, 0.3) is 11.3 Å². The van der Waals surface area contributed by atoms with Gasteiger partial charge in [0.25, 0.3) is 5.56 Å². The van der Waals surface area contributed by atoms with E-state index >= 15 is 0 Å². The molecular weight excluding hydrogens is 430 g/mol. The van der Waals surface area contributed by atoms with Gasteiger partial charge >= 0.3 is 5.97 Å². The summed E-state index contributed by atoms with van der Waals surface area (Å²) in [6.45, 7) is 0.843. The lowest BCUT2D eigenvalue weighted by Crippen LogP contribution is -2.14. The first-order chi connectivity index (χ1) is 15.5. The van der Waals surface area contributed by atoms with E-state index in [0.29, 0.717) is 53.1 Å². The molecule has 0 aliphatic rings. The summed E-state index contributed by atoms with van der Waals surface area (Å²) in [5.74, 6) is 0.851. The van der Waals surface area contributed by atoms with Crippen molar-refractivity contribution in [1.82, 2.24) is 9.97 Å². The standard InChI is InChI=1S/C23H21N3O5S/c1-29-22(28)15-7-9-17(10-8-15)30-11-4-12-31-18-6-3-5-16(13-18)20-19(14-24)21(27)26-23(25-20)32-2/h3,5-10,13H,4,11-12H2,1-2H3,(H,25,26,27). The fourth-order valence-corrected chi connectivity index (χ4v) is 3.22. The fraction of sp³-hybridized carbons (Fsp3) is 0.217. The number of carbonyl (C=O) groups excluding carboxylic acids is 1. The predicted octanol–water partition coefficient (Wildman–Crippen LogP) is 3.66. The van der Waals surface area contributed by atoms with Gasteiger partial charge in [-0.15, -0.1) is 0 Å². The Kier molecular flexibility index (Phi) is 7.89. The Morgan fingerprint density at radius 3 is 2.50 bits per heavy atom. The van der Waals surface area contributed by atoms with Crippen molar-refractivity contribution in [3.63, 3.8) is 0 Å². The molecule has 3 aromatic rings. The number of esters is 1. The molecule has 2 aromatic carbocycles. The summed E-state index contributed by atoms with van der Waals surface area (Å²) >= 11 is 1.29. The van der Waals surface area contributed by atoms with Crippen molar-refractivity contribution in [2.75, 3.05) is 26.6 Å². The SMILES string of the molecule is COC(=O)c1ccc(OCCCOc2cccc(-c3nc(SC)[nH]c(=O)c3C#N)c2)cc1. The third-order valence-electron chi connectivity index (χ3n) is 4.41. The van der Waals surface area contributed by atoms with Crippen molar-refractivity contribution in [3.8, 4) is 28.8 Å².